The van der Waals surface area contributed by atoms with Crippen molar-refractivity contribution >= 4 is 39.4 Å². The van der Waals surface area contributed by atoms with Crippen molar-refractivity contribution in [1.82, 2.24) is 4.98 Å². The summed E-state index contributed by atoms with van der Waals surface area (Å²) in [4.78, 5) is 15.0. The first kappa shape index (κ1) is 20.7. The van der Waals surface area contributed by atoms with Crippen LogP contribution in [0.5, 0.6) is 5.75 Å². The number of fused-ring (bicyclic) bond motifs is 2. The maximum atomic E-state index is 10.5. The summed E-state index contributed by atoms with van der Waals surface area (Å²) in [5.74, 6) is 0.143. The van der Waals surface area contributed by atoms with E-state index >= 15 is 0 Å². The van der Waals surface area contributed by atoms with Gasteiger partial charge in [0.1, 0.15) is 11.3 Å². The number of nitrogens with zero attached hydrogens (tertiary/aromatic N) is 1. The molecule has 0 aliphatic carbocycles. The van der Waals surface area contributed by atoms with E-state index in [1.807, 2.05) is 36.4 Å². The summed E-state index contributed by atoms with van der Waals surface area (Å²) in [7, 11) is 0. The molecule has 0 atom stereocenters. The van der Waals surface area contributed by atoms with Gasteiger partial charge in [-0.25, -0.2) is 4.98 Å². The van der Waals surface area contributed by atoms with Crippen LogP contribution in [-0.4, -0.2) is 17.6 Å². The van der Waals surface area contributed by atoms with E-state index in [2.05, 4.69) is 4.98 Å². The summed E-state index contributed by atoms with van der Waals surface area (Å²) in [5, 5.41) is 13.0. The van der Waals surface area contributed by atoms with E-state index in [9.17, 15) is 9.90 Å². The number of hydrogen-bond donors (Lipinski definition) is 0. The molecule has 7 heteroatoms. The third-order valence-corrected chi connectivity index (χ3v) is 4.46. The predicted molar refractivity (Wildman–Crippen MR) is 102 cm³/mol. The van der Waals surface area contributed by atoms with Crippen molar-refractivity contribution in [3.63, 3.8) is 0 Å². The van der Waals surface area contributed by atoms with E-state index in [1.54, 1.807) is 18.2 Å². The Kier molecular flexibility index (Phi) is 6.62. The molecule has 5 nitrogen and oxygen atoms in total. The molecule has 1 aromatic heterocycles. The molecule has 0 amide bonds. The van der Waals surface area contributed by atoms with Crippen LogP contribution in [0.15, 0.2) is 59.0 Å². The molecule has 4 aromatic rings. The molecule has 1 heterocycles. The van der Waals surface area contributed by atoms with Gasteiger partial charge < -0.3 is 19.1 Å². The normalized spacial score (nSPS) is 10.8. The Labute approximate surface area is 188 Å². The average molecular weight is 404 g/mol. The van der Waals surface area contributed by atoms with Crippen LogP contribution in [0.25, 0.3) is 33.3 Å². The molecule has 0 saturated heterocycles. The second-order valence-corrected chi connectivity index (χ2v) is 6.58. The van der Waals surface area contributed by atoms with Gasteiger partial charge in [-0.2, -0.15) is 0 Å². The van der Waals surface area contributed by atoms with E-state index in [0.717, 1.165) is 16.3 Å². The first-order chi connectivity index (χ1) is 13.1. The van der Waals surface area contributed by atoms with Crippen LogP contribution in [-0.2, 0) is 4.79 Å². The van der Waals surface area contributed by atoms with E-state index in [-0.39, 0.29) is 36.0 Å². The number of carbonyl (C=O) groups excluding carboxylic acids is 1. The number of carbonyl (C=O) groups is 1. The van der Waals surface area contributed by atoms with Crippen LogP contribution in [0.4, 0.5) is 0 Å². The number of aromatic nitrogens is 1. The quantitative estimate of drug-likeness (QED) is 0.357. The van der Waals surface area contributed by atoms with Crippen LogP contribution in [0, 0.1) is 0 Å². The molecule has 136 valence electrons. The standard InChI is InChI=1S/C21H16ClNO4.Na/c22-14-6-9-19-18(12-14)23-21(27-19)17-4-1-3-13-11-15(7-8-16(13)17)26-10-2-5-20(24)25;/h1,3-4,6-9,11-12H,2,5,10H2,(H,24,25);/q;+1/p-1. The fourth-order valence-electron chi connectivity index (χ4n) is 2.96. The summed E-state index contributed by atoms with van der Waals surface area (Å²) in [6, 6.07) is 16.9. The minimum atomic E-state index is -1.07. The van der Waals surface area contributed by atoms with E-state index in [1.165, 1.54) is 0 Å². The van der Waals surface area contributed by atoms with Gasteiger partial charge in [0.2, 0.25) is 5.89 Å². The number of carboxylic acids is 1. The maximum Gasteiger partial charge on any atom is 1.00 e. The minimum absolute atomic E-state index is 0. The van der Waals surface area contributed by atoms with Gasteiger partial charge in [0.25, 0.3) is 0 Å². The molecule has 0 fully saturated rings. The number of oxazole rings is 1. The van der Waals surface area contributed by atoms with Gasteiger partial charge in [0, 0.05) is 16.6 Å². The van der Waals surface area contributed by atoms with E-state index in [0.29, 0.717) is 40.8 Å². The number of carboxylic acid groups (broad SMARTS) is 1. The topological polar surface area (TPSA) is 75.4 Å². The Morgan fingerprint density at radius 1 is 1.14 bits per heavy atom. The molecule has 0 unspecified atom stereocenters. The van der Waals surface area contributed by atoms with Crippen molar-refractivity contribution < 1.29 is 48.6 Å². The van der Waals surface area contributed by atoms with Crippen molar-refractivity contribution in [2.45, 2.75) is 12.8 Å². The molecule has 0 N–H and O–H groups in total. The van der Waals surface area contributed by atoms with Gasteiger partial charge in [-0.15, -0.1) is 0 Å². The van der Waals surface area contributed by atoms with E-state index in [4.69, 9.17) is 20.8 Å². The number of hydrogen-bond acceptors (Lipinski definition) is 5. The average Bonchev–Trinajstić information content (AvgIpc) is 3.07. The molecule has 0 radical (unpaired) electrons. The summed E-state index contributed by atoms with van der Waals surface area (Å²) >= 11 is 6.02. The SMILES string of the molecule is O=C([O-])CCCOc1ccc2c(-c3nc4cc(Cl)ccc4o3)cccc2c1.[Na+]. The molecule has 28 heavy (non-hydrogen) atoms. The zero-order valence-electron chi connectivity index (χ0n) is 15.3. The summed E-state index contributed by atoms with van der Waals surface area (Å²) in [5.41, 5.74) is 2.27. The van der Waals surface area contributed by atoms with Crippen LogP contribution in [0.3, 0.4) is 0 Å². The molecule has 3 aromatic carbocycles. The zero-order valence-corrected chi connectivity index (χ0v) is 18.0. The molecule has 0 bridgehead atoms. The van der Waals surface area contributed by atoms with Gasteiger partial charge in [0.05, 0.1) is 6.61 Å². The van der Waals surface area contributed by atoms with Crippen molar-refractivity contribution in [2.75, 3.05) is 6.61 Å². The summed E-state index contributed by atoms with van der Waals surface area (Å²) < 4.78 is 11.5. The van der Waals surface area contributed by atoms with Gasteiger partial charge in [-0.3, -0.25) is 0 Å². The number of benzene rings is 3. The van der Waals surface area contributed by atoms with Gasteiger partial charge >= 0.3 is 29.6 Å². The monoisotopic (exact) mass is 403 g/mol. The third-order valence-electron chi connectivity index (χ3n) is 4.23. The van der Waals surface area contributed by atoms with Crippen molar-refractivity contribution in [1.29, 1.82) is 0 Å². The van der Waals surface area contributed by atoms with Crippen molar-refractivity contribution in [3.8, 4) is 17.2 Å². The van der Waals surface area contributed by atoms with Crippen LogP contribution >= 0.6 is 11.6 Å². The number of ether oxygens (including phenoxy) is 1. The van der Waals surface area contributed by atoms with Gasteiger partial charge in [-0.1, -0.05) is 23.7 Å². The predicted octanol–water partition coefficient (Wildman–Crippen LogP) is 1.21. The van der Waals surface area contributed by atoms with Crippen LogP contribution in [0.2, 0.25) is 5.02 Å². The fourth-order valence-corrected chi connectivity index (χ4v) is 3.13. The molecule has 4 rings (SSSR count). The van der Waals surface area contributed by atoms with E-state index < -0.39 is 5.97 Å². The Bertz CT molecular complexity index is 1140. The molecule has 0 aliphatic heterocycles. The number of aliphatic carboxylic acids is 1. The molecular formula is C21H15ClNNaO4. The molecular weight excluding hydrogens is 389 g/mol. The second kappa shape index (κ2) is 8.97. The van der Waals surface area contributed by atoms with Gasteiger partial charge in [0.15, 0.2) is 5.58 Å². The summed E-state index contributed by atoms with van der Waals surface area (Å²) in [6.45, 7) is 0.324. The van der Waals surface area contributed by atoms with Gasteiger partial charge in [-0.05, 0) is 66.1 Å². The Balaban J connectivity index is 0.00000225. The molecule has 0 saturated carbocycles. The first-order valence-corrected chi connectivity index (χ1v) is 8.90. The minimum Gasteiger partial charge on any atom is -0.550 e. The smallest absolute Gasteiger partial charge is 0.550 e. The third kappa shape index (κ3) is 4.50. The maximum absolute atomic E-state index is 10.5. The zero-order chi connectivity index (χ0) is 18.8. The number of rotatable bonds is 6. The molecule has 0 spiro atoms. The Morgan fingerprint density at radius 3 is 2.82 bits per heavy atom. The van der Waals surface area contributed by atoms with Crippen molar-refractivity contribution in [3.05, 3.63) is 59.6 Å². The van der Waals surface area contributed by atoms with Crippen LogP contribution < -0.4 is 39.4 Å². The largest absolute Gasteiger partial charge is 1.00 e. The molecule has 0 aliphatic rings. The first-order valence-electron chi connectivity index (χ1n) is 8.52. The number of halogens is 1. The Hall–Kier alpha value is -2.05. The van der Waals surface area contributed by atoms with Crippen LogP contribution in [0.1, 0.15) is 12.8 Å². The summed E-state index contributed by atoms with van der Waals surface area (Å²) in [6.07, 6.45) is 0.394. The fraction of sp³-hybridized carbons (Fsp3) is 0.143. The Morgan fingerprint density at radius 2 is 2.00 bits per heavy atom. The second-order valence-electron chi connectivity index (χ2n) is 6.14. The van der Waals surface area contributed by atoms with Crippen molar-refractivity contribution in [2.24, 2.45) is 0 Å².